The van der Waals surface area contributed by atoms with E-state index >= 15 is 0 Å². The van der Waals surface area contributed by atoms with Crippen molar-refractivity contribution in [1.29, 1.82) is 0 Å². The molecule has 0 bridgehead atoms. The molecule has 4 rings (SSSR count). The smallest absolute Gasteiger partial charge is 0.254 e. The lowest BCUT2D eigenvalue weighted by molar-refractivity contribution is -0.135. The Balaban J connectivity index is 1.51. The summed E-state index contributed by atoms with van der Waals surface area (Å²) in [6.45, 7) is 3.13. The van der Waals surface area contributed by atoms with Crippen LogP contribution in [0.4, 0.5) is 4.39 Å². The Labute approximate surface area is 207 Å². The van der Waals surface area contributed by atoms with Crippen LogP contribution < -0.4 is 4.74 Å². The number of amides is 2. The Morgan fingerprint density at radius 3 is 2.74 bits per heavy atom. The average molecular weight is 501 g/mol. The fourth-order valence-corrected chi connectivity index (χ4v) is 5.22. The normalized spacial score (nSPS) is 15.0. The molecule has 0 unspecified atom stereocenters. The minimum atomic E-state index is -0.478. The highest BCUT2D eigenvalue weighted by Gasteiger charge is 2.33. The Morgan fingerprint density at radius 2 is 2.00 bits per heavy atom. The largest absolute Gasteiger partial charge is 0.491 e. The third kappa shape index (κ3) is 5.59. The molecule has 2 heterocycles. The van der Waals surface area contributed by atoms with Gasteiger partial charge in [0.05, 0.1) is 6.04 Å². The maximum absolute atomic E-state index is 13.7. The van der Waals surface area contributed by atoms with Crippen LogP contribution in [0, 0.1) is 5.82 Å². The van der Waals surface area contributed by atoms with Crippen LogP contribution in [-0.2, 0) is 11.2 Å². The summed E-state index contributed by atoms with van der Waals surface area (Å²) >= 11 is 7.65. The van der Waals surface area contributed by atoms with Crippen molar-refractivity contribution in [2.75, 3.05) is 26.2 Å². The van der Waals surface area contributed by atoms with Gasteiger partial charge in [0.25, 0.3) is 5.91 Å². The van der Waals surface area contributed by atoms with Crippen molar-refractivity contribution in [2.24, 2.45) is 0 Å². The van der Waals surface area contributed by atoms with Crippen molar-refractivity contribution in [2.45, 2.75) is 25.8 Å². The van der Waals surface area contributed by atoms with Crippen LogP contribution >= 0.6 is 22.9 Å². The van der Waals surface area contributed by atoms with Crippen molar-refractivity contribution in [3.8, 4) is 5.75 Å². The highest BCUT2D eigenvalue weighted by atomic mass is 35.5. The third-order valence-corrected chi connectivity index (χ3v) is 7.06. The standard InChI is InChI=1S/C26H26ClFN2O3S/c1-2-12-29(26(32)18-4-3-5-20(28)15-18)16-25(31)30-13-10-24-22(11-14-34-24)23(30)17-33-21-8-6-19(27)7-9-21/h3-9,11,14-15,23H,2,10,12-13,16-17H2,1H3/t23-/m1/s1. The van der Waals surface area contributed by atoms with Crippen LogP contribution in [0.25, 0.3) is 0 Å². The van der Waals surface area contributed by atoms with Crippen molar-refractivity contribution < 1.29 is 18.7 Å². The first-order chi connectivity index (χ1) is 16.5. The summed E-state index contributed by atoms with van der Waals surface area (Å²) in [6, 6.07) is 14.5. The molecule has 0 spiro atoms. The fourth-order valence-electron chi connectivity index (χ4n) is 4.16. The third-order valence-electron chi connectivity index (χ3n) is 5.82. The molecule has 1 aromatic heterocycles. The maximum Gasteiger partial charge on any atom is 0.254 e. The first kappa shape index (κ1) is 24.2. The summed E-state index contributed by atoms with van der Waals surface area (Å²) in [5.74, 6) is -0.307. The molecule has 1 atom stereocenters. The number of hydrogen-bond donors (Lipinski definition) is 0. The molecule has 2 aromatic carbocycles. The Bertz CT molecular complexity index is 1150. The quantitative estimate of drug-likeness (QED) is 0.404. The molecule has 0 N–H and O–H groups in total. The van der Waals surface area contributed by atoms with Crippen LogP contribution in [0.1, 0.15) is 40.2 Å². The molecule has 5 nitrogen and oxygen atoms in total. The summed E-state index contributed by atoms with van der Waals surface area (Å²) in [7, 11) is 0. The van der Waals surface area contributed by atoms with Gasteiger partial charge in [0.15, 0.2) is 0 Å². The molecule has 2 amide bonds. The van der Waals surface area contributed by atoms with Crippen LogP contribution in [-0.4, -0.2) is 47.9 Å². The number of nitrogens with zero attached hydrogens (tertiary/aromatic N) is 2. The number of rotatable bonds is 8. The van der Waals surface area contributed by atoms with E-state index in [0.717, 1.165) is 12.0 Å². The van der Waals surface area contributed by atoms with Crippen LogP contribution in [0.15, 0.2) is 60.0 Å². The maximum atomic E-state index is 13.7. The first-order valence-corrected chi connectivity index (χ1v) is 12.5. The van der Waals surface area contributed by atoms with E-state index in [0.29, 0.717) is 36.9 Å². The van der Waals surface area contributed by atoms with E-state index < -0.39 is 5.82 Å². The highest BCUT2D eigenvalue weighted by molar-refractivity contribution is 7.10. The number of thiophene rings is 1. The highest BCUT2D eigenvalue weighted by Crippen LogP contribution is 2.34. The summed E-state index contributed by atoms with van der Waals surface area (Å²) < 4.78 is 19.7. The molecule has 8 heteroatoms. The van der Waals surface area contributed by atoms with Gasteiger partial charge in [-0.3, -0.25) is 9.59 Å². The van der Waals surface area contributed by atoms with Gasteiger partial charge in [-0.25, -0.2) is 4.39 Å². The van der Waals surface area contributed by atoms with E-state index in [9.17, 15) is 14.0 Å². The number of carbonyl (C=O) groups is 2. The predicted molar refractivity (Wildman–Crippen MR) is 132 cm³/mol. The lowest BCUT2D eigenvalue weighted by Crippen LogP contribution is -2.48. The molecule has 1 aliphatic rings. The van der Waals surface area contributed by atoms with Gasteiger partial charge in [-0.1, -0.05) is 24.6 Å². The Hall–Kier alpha value is -2.90. The second-order valence-corrected chi connectivity index (χ2v) is 9.59. The van der Waals surface area contributed by atoms with Gasteiger partial charge in [-0.2, -0.15) is 0 Å². The molecule has 0 fully saturated rings. The number of ether oxygens (including phenoxy) is 1. The zero-order chi connectivity index (χ0) is 24.1. The molecule has 178 valence electrons. The summed E-state index contributed by atoms with van der Waals surface area (Å²) in [5.41, 5.74) is 1.32. The van der Waals surface area contributed by atoms with Gasteiger partial charge >= 0.3 is 0 Å². The molecule has 3 aromatic rings. The van der Waals surface area contributed by atoms with Crippen LogP contribution in [0.3, 0.4) is 0 Å². The van der Waals surface area contributed by atoms with Crippen molar-refractivity contribution in [3.05, 3.63) is 86.8 Å². The van der Waals surface area contributed by atoms with E-state index in [1.54, 1.807) is 46.6 Å². The van der Waals surface area contributed by atoms with Crippen LogP contribution in [0.5, 0.6) is 5.75 Å². The lowest BCUT2D eigenvalue weighted by atomic mass is 10.0. The number of fused-ring (bicyclic) bond motifs is 1. The lowest BCUT2D eigenvalue weighted by Gasteiger charge is -2.37. The van der Waals surface area contributed by atoms with Crippen molar-refractivity contribution in [1.82, 2.24) is 9.80 Å². The molecular formula is C26H26ClFN2O3S. The second kappa shape index (κ2) is 11.0. The molecular weight excluding hydrogens is 475 g/mol. The molecule has 34 heavy (non-hydrogen) atoms. The number of halogens is 2. The molecule has 0 saturated heterocycles. The van der Waals surface area contributed by atoms with E-state index in [2.05, 4.69) is 0 Å². The number of carbonyl (C=O) groups excluding carboxylic acids is 2. The first-order valence-electron chi connectivity index (χ1n) is 11.2. The Morgan fingerprint density at radius 1 is 1.21 bits per heavy atom. The number of hydrogen-bond acceptors (Lipinski definition) is 4. The van der Waals surface area contributed by atoms with Gasteiger partial charge in [0.2, 0.25) is 5.91 Å². The minimum Gasteiger partial charge on any atom is -0.491 e. The summed E-state index contributed by atoms with van der Waals surface area (Å²) in [6.07, 6.45) is 1.45. The predicted octanol–water partition coefficient (Wildman–Crippen LogP) is 5.60. The number of benzene rings is 2. The monoisotopic (exact) mass is 500 g/mol. The zero-order valence-corrected chi connectivity index (χ0v) is 20.4. The van der Waals surface area contributed by atoms with E-state index in [4.69, 9.17) is 16.3 Å². The molecule has 0 aliphatic carbocycles. The van der Waals surface area contributed by atoms with Gasteiger partial charge in [0, 0.05) is 28.6 Å². The minimum absolute atomic E-state index is 0.0693. The fraction of sp³-hybridized carbons (Fsp3) is 0.308. The van der Waals surface area contributed by atoms with Crippen molar-refractivity contribution >= 4 is 34.8 Å². The molecule has 0 saturated carbocycles. The van der Waals surface area contributed by atoms with Crippen molar-refractivity contribution in [3.63, 3.8) is 0 Å². The van der Waals surface area contributed by atoms with Gasteiger partial charge in [-0.15, -0.1) is 11.3 Å². The Kier molecular flexibility index (Phi) is 7.85. The summed E-state index contributed by atoms with van der Waals surface area (Å²) in [4.78, 5) is 31.1. The topological polar surface area (TPSA) is 49.9 Å². The van der Waals surface area contributed by atoms with Gasteiger partial charge in [0.1, 0.15) is 24.7 Å². The van der Waals surface area contributed by atoms with E-state index in [1.165, 1.54) is 28.0 Å². The van der Waals surface area contributed by atoms with E-state index in [1.807, 2.05) is 18.4 Å². The summed E-state index contributed by atoms with van der Waals surface area (Å²) in [5, 5.41) is 2.66. The SMILES string of the molecule is CCCN(CC(=O)N1CCc2sccc2[C@H]1COc1ccc(Cl)cc1)C(=O)c1cccc(F)c1. The molecule has 1 aliphatic heterocycles. The zero-order valence-electron chi connectivity index (χ0n) is 18.9. The van der Waals surface area contributed by atoms with Gasteiger partial charge in [-0.05, 0) is 72.3 Å². The van der Waals surface area contributed by atoms with Crippen LogP contribution in [0.2, 0.25) is 5.02 Å². The average Bonchev–Trinajstić information content (AvgIpc) is 3.32. The molecule has 0 radical (unpaired) electrons. The van der Waals surface area contributed by atoms with Gasteiger partial charge < -0.3 is 14.5 Å². The van der Waals surface area contributed by atoms with E-state index in [-0.39, 0.29) is 30.0 Å². The second-order valence-electron chi connectivity index (χ2n) is 8.15.